The molecule has 1 unspecified atom stereocenters. The molecule has 128 valence electrons. The van der Waals surface area contributed by atoms with Crippen molar-refractivity contribution in [1.29, 1.82) is 0 Å². The molecule has 3 N–H and O–H groups in total. The lowest BCUT2D eigenvalue weighted by molar-refractivity contribution is 0.278. The molecule has 2 fully saturated rings. The monoisotopic (exact) mass is 343 g/mol. The Kier molecular flexibility index (Phi) is 4.67. The number of likely N-dealkylation sites (tertiary alicyclic amines) is 1. The summed E-state index contributed by atoms with van der Waals surface area (Å²) in [5.74, 6) is 1.35. The quantitative estimate of drug-likeness (QED) is 0.870. The summed E-state index contributed by atoms with van der Waals surface area (Å²) in [7, 11) is 0. The highest BCUT2D eigenvalue weighted by molar-refractivity contribution is 7.11. The molecular weight excluding hydrogens is 318 g/mol. The molecule has 2 aromatic rings. The van der Waals surface area contributed by atoms with Gasteiger partial charge in [-0.1, -0.05) is 0 Å². The van der Waals surface area contributed by atoms with E-state index in [9.17, 15) is 0 Å². The largest absolute Gasteiger partial charge is 0.384 e. The molecule has 1 saturated carbocycles. The van der Waals surface area contributed by atoms with Crippen LogP contribution in [-0.4, -0.2) is 34.0 Å². The molecule has 0 spiro atoms. The zero-order chi connectivity index (χ0) is 16.4. The summed E-state index contributed by atoms with van der Waals surface area (Å²) >= 11 is 1.92. The van der Waals surface area contributed by atoms with Crippen LogP contribution < -0.4 is 11.1 Å². The summed E-state index contributed by atoms with van der Waals surface area (Å²) in [4.78, 5) is 12.8. The number of anilines is 2. The fourth-order valence-electron chi connectivity index (χ4n) is 3.32. The number of aromatic nitrogens is 2. The Labute approximate surface area is 147 Å². The van der Waals surface area contributed by atoms with Gasteiger partial charge in [-0.2, -0.15) is 0 Å². The highest BCUT2D eigenvalue weighted by atomic mass is 32.1. The third-order valence-corrected chi connectivity index (χ3v) is 6.00. The molecule has 0 aromatic carbocycles. The molecule has 6 heteroatoms. The molecule has 0 amide bonds. The second-order valence-electron chi connectivity index (χ2n) is 6.96. The van der Waals surface area contributed by atoms with Crippen LogP contribution in [0, 0.1) is 0 Å². The first kappa shape index (κ1) is 15.8. The Morgan fingerprint density at radius 3 is 2.83 bits per heavy atom. The molecule has 0 radical (unpaired) electrons. The van der Waals surface area contributed by atoms with Crippen LogP contribution >= 0.6 is 11.3 Å². The average Bonchev–Trinajstić information content (AvgIpc) is 3.36. The number of nitrogens with zero attached hydrogens (tertiary/aromatic N) is 3. The highest BCUT2D eigenvalue weighted by Gasteiger charge is 2.27. The van der Waals surface area contributed by atoms with Crippen LogP contribution in [0.25, 0.3) is 0 Å². The van der Waals surface area contributed by atoms with Crippen molar-refractivity contribution in [2.24, 2.45) is 0 Å². The predicted molar refractivity (Wildman–Crippen MR) is 99.3 cm³/mol. The van der Waals surface area contributed by atoms with E-state index in [0.717, 1.165) is 24.7 Å². The zero-order valence-electron chi connectivity index (χ0n) is 13.9. The van der Waals surface area contributed by atoms with E-state index in [2.05, 4.69) is 26.4 Å². The third kappa shape index (κ3) is 4.05. The molecule has 3 heterocycles. The van der Waals surface area contributed by atoms with E-state index in [1.807, 2.05) is 29.7 Å². The van der Waals surface area contributed by atoms with Gasteiger partial charge >= 0.3 is 0 Å². The van der Waals surface area contributed by atoms with Gasteiger partial charge in [0, 0.05) is 36.1 Å². The molecule has 0 bridgehead atoms. The molecule has 5 nitrogen and oxygen atoms in total. The SMILES string of the molecule is Nc1ccc(NC2CCCN(Cc3cnc(C4CC4)s3)CC2)cn1. The molecule has 2 aromatic heterocycles. The maximum Gasteiger partial charge on any atom is 0.123 e. The standard InChI is InChI=1S/C18H25N5S/c19-17-6-5-15(10-20-17)22-14-2-1-8-23(9-7-14)12-16-11-21-18(24-16)13-3-4-13/h5-6,10-11,13-14,22H,1-4,7-9,12H2,(H2,19,20). The van der Waals surface area contributed by atoms with Crippen molar-refractivity contribution in [2.75, 3.05) is 24.1 Å². The van der Waals surface area contributed by atoms with Crippen LogP contribution in [0.2, 0.25) is 0 Å². The first-order valence-electron chi connectivity index (χ1n) is 8.91. The van der Waals surface area contributed by atoms with Crippen LogP contribution in [0.1, 0.15) is 47.9 Å². The average molecular weight is 344 g/mol. The molecule has 1 saturated heterocycles. The Bertz CT molecular complexity index is 664. The molecular formula is C18H25N5S. The summed E-state index contributed by atoms with van der Waals surface area (Å²) in [5, 5.41) is 4.96. The van der Waals surface area contributed by atoms with Gasteiger partial charge < -0.3 is 11.1 Å². The van der Waals surface area contributed by atoms with Gasteiger partial charge in [0.1, 0.15) is 5.82 Å². The predicted octanol–water partition coefficient (Wildman–Crippen LogP) is 3.46. The Balaban J connectivity index is 1.29. The van der Waals surface area contributed by atoms with Crippen molar-refractivity contribution < 1.29 is 0 Å². The Hall–Kier alpha value is -1.66. The number of nitrogens with two attached hydrogens (primary N) is 1. The van der Waals surface area contributed by atoms with Gasteiger partial charge in [0.25, 0.3) is 0 Å². The van der Waals surface area contributed by atoms with Crippen LogP contribution in [0.15, 0.2) is 24.5 Å². The number of rotatable bonds is 5. The van der Waals surface area contributed by atoms with Crippen molar-refractivity contribution in [3.8, 4) is 0 Å². The van der Waals surface area contributed by atoms with Gasteiger partial charge in [-0.05, 0) is 50.8 Å². The molecule has 1 atom stereocenters. The molecule has 24 heavy (non-hydrogen) atoms. The van der Waals surface area contributed by atoms with Crippen LogP contribution in [0.4, 0.5) is 11.5 Å². The third-order valence-electron chi connectivity index (χ3n) is 4.86. The van der Waals surface area contributed by atoms with Gasteiger partial charge in [0.15, 0.2) is 0 Å². The molecule has 1 aliphatic carbocycles. The van der Waals surface area contributed by atoms with Gasteiger partial charge in [-0.3, -0.25) is 4.90 Å². The fraction of sp³-hybridized carbons (Fsp3) is 0.556. The van der Waals surface area contributed by atoms with E-state index in [4.69, 9.17) is 5.73 Å². The van der Waals surface area contributed by atoms with Crippen molar-refractivity contribution in [1.82, 2.24) is 14.9 Å². The lowest BCUT2D eigenvalue weighted by Gasteiger charge is -2.20. The first-order chi connectivity index (χ1) is 11.8. The Morgan fingerprint density at radius 2 is 2.04 bits per heavy atom. The van der Waals surface area contributed by atoms with Crippen molar-refractivity contribution in [3.05, 3.63) is 34.4 Å². The maximum absolute atomic E-state index is 5.65. The first-order valence-corrected chi connectivity index (χ1v) is 9.73. The van der Waals surface area contributed by atoms with Crippen molar-refractivity contribution >= 4 is 22.8 Å². The summed E-state index contributed by atoms with van der Waals surface area (Å²) < 4.78 is 0. The summed E-state index contributed by atoms with van der Waals surface area (Å²) in [5.41, 5.74) is 6.72. The smallest absolute Gasteiger partial charge is 0.123 e. The molecule has 1 aliphatic heterocycles. The van der Waals surface area contributed by atoms with E-state index in [-0.39, 0.29) is 0 Å². The van der Waals surface area contributed by atoms with Crippen LogP contribution in [-0.2, 0) is 6.54 Å². The summed E-state index contributed by atoms with van der Waals surface area (Å²) in [6, 6.07) is 4.39. The number of nitrogens with one attached hydrogen (secondary N) is 1. The van der Waals surface area contributed by atoms with E-state index in [1.54, 1.807) is 0 Å². The molecule has 2 aliphatic rings. The van der Waals surface area contributed by atoms with Crippen molar-refractivity contribution in [2.45, 2.75) is 50.6 Å². The number of hydrogen-bond acceptors (Lipinski definition) is 6. The number of hydrogen-bond donors (Lipinski definition) is 2. The Morgan fingerprint density at radius 1 is 1.12 bits per heavy atom. The van der Waals surface area contributed by atoms with Gasteiger partial charge in [0.2, 0.25) is 0 Å². The highest BCUT2D eigenvalue weighted by Crippen LogP contribution is 2.41. The van der Waals surface area contributed by atoms with E-state index in [1.165, 1.54) is 48.5 Å². The van der Waals surface area contributed by atoms with Gasteiger partial charge in [-0.25, -0.2) is 9.97 Å². The summed E-state index contributed by atoms with van der Waals surface area (Å²) in [6.07, 6.45) is 10.2. The van der Waals surface area contributed by atoms with Crippen molar-refractivity contribution in [3.63, 3.8) is 0 Å². The van der Waals surface area contributed by atoms with Gasteiger partial charge in [0.05, 0.1) is 16.9 Å². The topological polar surface area (TPSA) is 67.1 Å². The number of pyridine rings is 1. The second kappa shape index (κ2) is 7.07. The fourth-order valence-corrected chi connectivity index (χ4v) is 4.45. The number of nitrogen functional groups attached to an aromatic ring is 1. The minimum absolute atomic E-state index is 0.518. The number of thiazole rings is 1. The zero-order valence-corrected chi connectivity index (χ0v) is 14.8. The normalized spacial score (nSPS) is 22.2. The minimum atomic E-state index is 0.518. The van der Waals surface area contributed by atoms with Crippen LogP contribution in [0.3, 0.4) is 0 Å². The van der Waals surface area contributed by atoms with Crippen LogP contribution in [0.5, 0.6) is 0 Å². The van der Waals surface area contributed by atoms with E-state index < -0.39 is 0 Å². The van der Waals surface area contributed by atoms with E-state index in [0.29, 0.717) is 11.9 Å². The lowest BCUT2D eigenvalue weighted by Crippen LogP contribution is -2.25. The summed E-state index contributed by atoms with van der Waals surface area (Å²) in [6.45, 7) is 3.37. The van der Waals surface area contributed by atoms with Gasteiger partial charge in [-0.15, -0.1) is 11.3 Å². The molecule has 4 rings (SSSR count). The maximum atomic E-state index is 5.65. The minimum Gasteiger partial charge on any atom is -0.384 e. The second-order valence-corrected chi connectivity index (χ2v) is 8.11. The lowest BCUT2D eigenvalue weighted by atomic mass is 10.1. The van der Waals surface area contributed by atoms with E-state index >= 15 is 0 Å².